The van der Waals surface area contributed by atoms with Gasteiger partial charge in [0.25, 0.3) is 0 Å². The van der Waals surface area contributed by atoms with Crippen molar-refractivity contribution in [2.75, 3.05) is 4.43 Å². The highest BCUT2D eigenvalue weighted by Gasteiger charge is 2.17. The van der Waals surface area contributed by atoms with Gasteiger partial charge < -0.3 is 0 Å². The Balaban J connectivity index is 2.40. The molecule has 0 heterocycles. The first-order valence-corrected chi connectivity index (χ1v) is 5.98. The van der Waals surface area contributed by atoms with Gasteiger partial charge in [0.1, 0.15) is 0 Å². The van der Waals surface area contributed by atoms with Crippen molar-refractivity contribution >= 4 is 22.6 Å². The van der Waals surface area contributed by atoms with E-state index in [1.807, 2.05) is 0 Å². The molecule has 0 aromatic carbocycles. The molecular weight excluding hydrogens is 247 g/mol. The molecule has 0 aliphatic heterocycles. The van der Waals surface area contributed by atoms with Crippen molar-refractivity contribution in [2.24, 2.45) is 11.8 Å². The third-order valence-corrected chi connectivity index (χ3v) is 4.12. The predicted octanol–water partition coefficient (Wildman–Crippen LogP) is 3.80. The van der Waals surface area contributed by atoms with Crippen LogP contribution in [0.15, 0.2) is 11.6 Å². The molecule has 0 saturated carbocycles. The average Bonchev–Trinajstić information content (AvgIpc) is 2.05. The molecule has 0 amide bonds. The Morgan fingerprint density at radius 3 is 2.91 bits per heavy atom. The Bertz CT molecular complexity index is 149. The lowest BCUT2D eigenvalue weighted by Gasteiger charge is -2.24. The summed E-state index contributed by atoms with van der Waals surface area (Å²) in [6.45, 7) is 4.64. The highest BCUT2D eigenvalue weighted by Crippen LogP contribution is 2.29. The number of alkyl halides is 1. The van der Waals surface area contributed by atoms with E-state index in [0.717, 1.165) is 11.8 Å². The van der Waals surface area contributed by atoms with Crippen molar-refractivity contribution in [3.8, 4) is 0 Å². The van der Waals surface area contributed by atoms with Crippen LogP contribution in [0.4, 0.5) is 0 Å². The summed E-state index contributed by atoms with van der Waals surface area (Å²) in [5.41, 5.74) is 1.60. The Morgan fingerprint density at radius 2 is 2.45 bits per heavy atom. The van der Waals surface area contributed by atoms with E-state index in [9.17, 15) is 0 Å². The van der Waals surface area contributed by atoms with Crippen LogP contribution in [0.3, 0.4) is 0 Å². The zero-order valence-electron chi connectivity index (χ0n) is 7.44. The van der Waals surface area contributed by atoms with Crippen molar-refractivity contribution in [2.45, 2.75) is 33.1 Å². The van der Waals surface area contributed by atoms with Gasteiger partial charge in [0.05, 0.1) is 0 Å². The predicted molar refractivity (Wildman–Crippen MR) is 59.1 cm³/mol. The smallest absolute Gasteiger partial charge is 0.00238 e. The fourth-order valence-corrected chi connectivity index (χ4v) is 2.35. The van der Waals surface area contributed by atoms with Crippen LogP contribution in [0.2, 0.25) is 0 Å². The van der Waals surface area contributed by atoms with Gasteiger partial charge in [0.2, 0.25) is 0 Å². The molecule has 0 aromatic rings. The van der Waals surface area contributed by atoms with Crippen LogP contribution in [-0.2, 0) is 0 Å². The monoisotopic (exact) mass is 264 g/mol. The fraction of sp³-hybridized carbons (Fsp3) is 0.800. The molecule has 0 unspecified atom stereocenters. The lowest BCUT2D eigenvalue weighted by atomic mass is 9.83. The number of allylic oxidation sites excluding steroid dienone is 2. The summed E-state index contributed by atoms with van der Waals surface area (Å²) in [6, 6.07) is 0. The van der Waals surface area contributed by atoms with Gasteiger partial charge in [-0.05, 0) is 38.0 Å². The molecular formula is C10H17I. The molecule has 0 radical (unpaired) electrons. The van der Waals surface area contributed by atoms with E-state index in [2.05, 4.69) is 42.5 Å². The first-order chi connectivity index (χ1) is 5.24. The number of rotatable bonds is 2. The Hall–Kier alpha value is 0.470. The Labute approximate surface area is 83.6 Å². The van der Waals surface area contributed by atoms with Gasteiger partial charge in [-0.3, -0.25) is 0 Å². The van der Waals surface area contributed by atoms with Crippen molar-refractivity contribution in [3.05, 3.63) is 11.6 Å². The molecule has 0 aromatic heterocycles. The summed E-state index contributed by atoms with van der Waals surface area (Å²) in [7, 11) is 0. The second-order valence-corrected chi connectivity index (χ2v) is 4.60. The second kappa shape index (κ2) is 4.48. The van der Waals surface area contributed by atoms with Gasteiger partial charge in [-0.1, -0.05) is 41.2 Å². The molecule has 0 saturated heterocycles. The maximum Gasteiger partial charge on any atom is 0.00238 e. The molecule has 0 fully saturated rings. The van der Waals surface area contributed by atoms with Crippen LogP contribution < -0.4 is 0 Å². The lowest BCUT2D eigenvalue weighted by molar-refractivity contribution is 0.359. The normalized spacial score (nSPS) is 27.9. The van der Waals surface area contributed by atoms with E-state index in [-0.39, 0.29) is 0 Å². The Morgan fingerprint density at radius 1 is 1.73 bits per heavy atom. The van der Waals surface area contributed by atoms with E-state index in [0.29, 0.717) is 0 Å². The average molecular weight is 264 g/mol. The standard InChI is InChI=1S/C10H17I/c1-8-3-5-10(6-4-8)9(2)7-11/h3,9-10H,4-7H2,1-2H3/t9-,10-/m0/s1. The van der Waals surface area contributed by atoms with Crippen LogP contribution in [0, 0.1) is 11.8 Å². The molecule has 1 heteroatoms. The summed E-state index contributed by atoms with van der Waals surface area (Å²) < 4.78 is 1.31. The molecule has 1 aliphatic rings. The van der Waals surface area contributed by atoms with Gasteiger partial charge in [-0.25, -0.2) is 0 Å². The molecule has 1 aliphatic carbocycles. The quantitative estimate of drug-likeness (QED) is 0.404. The SMILES string of the molecule is CC1=CC[C@H]([C@@H](C)CI)CC1. The van der Waals surface area contributed by atoms with Crippen LogP contribution in [0.1, 0.15) is 33.1 Å². The highest BCUT2D eigenvalue weighted by atomic mass is 127. The van der Waals surface area contributed by atoms with Crippen molar-refractivity contribution in [3.63, 3.8) is 0 Å². The minimum Gasteiger partial charge on any atom is -0.0861 e. The molecule has 64 valence electrons. The summed E-state index contributed by atoms with van der Waals surface area (Å²) in [5.74, 6) is 1.88. The largest absolute Gasteiger partial charge is 0.0861 e. The maximum absolute atomic E-state index is 2.50. The Kier molecular flexibility index (Phi) is 3.90. The molecule has 0 bridgehead atoms. The van der Waals surface area contributed by atoms with Crippen LogP contribution in [-0.4, -0.2) is 4.43 Å². The van der Waals surface area contributed by atoms with Gasteiger partial charge in [-0.2, -0.15) is 0 Å². The molecule has 2 atom stereocenters. The molecule has 0 spiro atoms. The second-order valence-electron chi connectivity index (χ2n) is 3.72. The minimum atomic E-state index is 0.917. The van der Waals surface area contributed by atoms with Gasteiger partial charge >= 0.3 is 0 Å². The third kappa shape index (κ3) is 2.77. The molecule has 0 nitrogen and oxygen atoms in total. The van der Waals surface area contributed by atoms with E-state index < -0.39 is 0 Å². The van der Waals surface area contributed by atoms with Crippen LogP contribution in [0.5, 0.6) is 0 Å². The fourth-order valence-electron chi connectivity index (χ4n) is 1.63. The molecule has 0 N–H and O–H groups in total. The topological polar surface area (TPSA) is 0 Å². The maximum atomic E-state index is 2.50. The lowest BCUT2D eigenvalue weighted by Crippen LogP contribution is -2.15. The van der Waals surface area contributed by atoms with Gasteiger partial charge in [-0.15, -0.1) is 0 Å². The van der Waals surface area contributed by atoms with Crippen molar-refractivity contribution in [1.29, 1.82) is 0 Å². The van der Waals surface area contributed by atoms with Gasteiger partial charge in [0.15, 0.2) is 0 Å². The first-order valence-electron chi connectivity index (χ1n) is 4.45. The van der Waals surface area contributed by atoms with E-state index in [1.165, 1.54) is 23.7 Å². The molecule has 1 rings (SSSR count). The first kappa shape index (κ1) is 9.56. The number of halogens is 1. The summed E-state index contributed by atoms with van der Waals surface area (Å²) in [6.07, 6.45) is 6.52. The van der Waals surface area contributed by atoms with Gasteiger partial charge in [0, 0.05) is 4.43 Å². The summed E-state index contributed by atoms with van der Waals surface area (Å²) >= 11 is 2.50. The zero-order valence-corrected chi connectivity index (χ0v) is 9.60. The van der Waals surface area contributed by atoms with Crippen LogP contribution >= 0.6 is 22.6 Å². The van der Waals surface area contributed by atoms with Crippen molar-refractivity contribution < 1.29 is 0 Å². The minimum absolute atomic E-state index is 0.917. The zero-order chi connectivity index (χ0) is 8.27. The summed E-state index contributed by atoms with van der Waals surface area (Å²) in [4.78, 5) is 0. The summed E-state index contributed by atoms with van der Waals surface area (Å²) in [5, 5.41) is 0. The van der Waals surface area contributed by atoms with E-state index in [4.69, 9.17) is 0 Å². The van der Waals surface area contributed by atoms with Crippen molar-refractivity contribution in [1.82, 2.24) is 0 Å². The highest BCUT2D eigenvalue weighted by molar-refractivity contribution is 14.1. The van der Waals surface area contributed by atoms with E-state index >= 15 is 0 Å². The number of hydrogen-bond acceptors (Lipinski definition) is 0. The van der Waals surface area contributed by atoms with Crippen LogP contribution in [0.25, 0.3) is 0 Å². The van der Waals surface area contributed by atoms with E-state index in [1.54, 1.807) is 5.57 Å². The molecule has 11 heavy (non-hydrogen) atoms. The third-order valence-electron chi connectivity index (χ3n) is 2.73. The number of hydrogen-bond donors (Lipinski definition) is 0.